The molecule has 0 saturated carbocycles. The van der Waals surface area contributed by atoms with Crippen molar-refractivity contribution in [3.63, 3.8) is 0 Å². The molecule has 1 aromatic rings. The third-order valence-corrected chi connectivity index (χ3v) is 3.35. The van der Waals surface area contributed by atoms with Crippen LogP contribution in [0.15, 0.2) is 30.3 Å². The van der Waals surface area contributed by atoms with Crippen molar-refractivity contribution in [1.29, 1.82) is 0 Å². The van der Waals surface area contributed by atoms with Gasteiger partial charge in [-0.05, 0) is 29.5 Å². The van der Waals surface area contributed by atoms with Crippen molar-refractivity contribution < 1.29 is 9.59 Å². The maximum Gasteiger partial charge on any atom is 0.246 e. The van der Waals surface area contributed by atoms with Gasteiger partial charge in [-0.2, -0.15) is 0 Å². The second-order valence-corrected chi connectivity index (χ2v) is 5.70. The number of amides is 2. The Morgan fingerprint density at radius 1 is 1.23 bits per heavy atom. The highest BCUT2D eigenvalue weighted by Gasteiger charge is 2.09. The fraction of sp³-hybridized carbons (Fsp3) is 0.444. The lowest BCUT2D eigenvalue weighted by molar-refractivity contribution is -0.131. The largest absolute Gasteiger partial charge is 0.355 e. The van der Waals surface area contributed by atoms with Crippen LogP contribution in [0.5, 0.6) is 0 Å². The molecule has 0 aromatic heterocycles. The first-order chi connectivity index (χ1) is 10.4. The van der Waals surface area contributed by atoms with Crippen molar-refractivity contribution in [2.75, 3.05) is 20.1 Å². The number of carbonyl (C=O) groups excluding carboxylic acids is 2. The molecule has 22 heavy (non-hydrogen) atoms. The molecule has 0 aliphatic heterocycles. The first-order valence-electron chi connectivity index (χ1n) is 7.73. The average molecular weight is 302 g/mol. The van der Waals surface area contributed by atoms with Crippen LogP contribution < -0.4 is 5.32 Å². The van der Waals surface area contributed by atoms with Crippen molar-refractivity contribution in [3.05, 3.63) is 41.5 Å². The van der Waals surface area contributed by atoms with Crippen molar-refractivity contribution in [3.8, 4) is 0 Å². The van der Waals surface area contributed by atoms with Crippen molar-refractivity contribution in [2.24, 2.45) is 0 Å². The SMILES string of the molecule is CCCNC(=O)CN(C)C(=O)C=Cc1ccc(C(C)C)cc1. The van der Waals surface area contributed by atoms with Crippen LogP contribution >= 0.6 is 0 Å². The number of nitrogens with zero attached hydrogens (tertiary/aromatic N) is 1. The molecule has 0 bridgehead atoms. The lowest BCUT2D eigenvalue weighted by Gasteiger charge is -2.14. The minimum atomic E-state index is -0.181. The third kappa shape index (κ3) is 6.12. The molecule has 0 saturated heterocycles. The Morgan fingerprint density at radius 3 is 2.41 bits per heavy atom. The highest BCUT2D eigenvalue weighted by molar-refractivity contribution is 5.94. The summed E-state index contributed by atoms with van der Waals surface area (Å²) in [5.41, 5.74) is 2.25. The van der Waals surface area contributed by atoms with Crippen molar-refractivity contribution in [2.45, 2.75) is 33.1 Å². The van der Waals surface area contributed by atoms with Crippen LogP contribution in [0.1, 0.15) is 44.2 Å². The molecule has 4 nitrogen and oxygen atoms in total. The molecule has 120 valence electrons. The van der Waals surface area contributed by atoms with Gasteiger partial charge in [0.05, 0.1) is 6.54 Å². The molecular weight excluding hydrogens is 276 g/mol. The maximum atomic E-state index is 12.0. The van der Waals surface area contributed by atoms with E-state index in [0.717, 1.165) is 12.0 Å². The van der Waals surface area contributed by atoms with E-state index in [9.17, 15) is 9.59 Å². The molecule has 0 spiro atoms. The van der Waals surface area contributed by atoms with Gasteiger partial charge in [-0.25, -0.2) is 0 Å². The van der Waals surface area contributed by atoms with Gasteiger partial charge in [-0.15, -0.1) is 0 Å². The minimum Gasteiger partial charge on any atom is -0.355 e. The fourth-order valence-corrected chi connectivity index (χ4v) is 1.90. The molecule has 0 radical (unpaired) electrons. The van der Waals surface area contributed by atoms with E-state index in [-0.39, 0.29) is 18.4 Å². The van der Waals surface area contributed by atoms with Crippen LogP contribution in [0.4, 0.5) is 0 Å². The second-order valence-electron chi connectivity index (χ2n) is 5.70. The lowest BCUT2D eigenvalue weighted by atomic mass is 10.0. The summed E-state index contributed by atoms with van der Waals surface area (Å²) in [4.78, 5) is 24.9. The average Bonchev–Trinajstić information content (AvgIpc) is 2.50. The van der Waals surface area contributed by atoms with E-state index in [1.807, 2.05) is 19.1 Å². The van der Waals surface area contributed by atoms with Gasteiger partial charge < -0.3 is 10.2 Å². The summed E-state index contributed by atoms with van der Waals surface area (Å²) >= 11 is 0. The van der Waals surface area contributed by atoms with Gasteiger partial charge in [-0.3, -0.25) is 9.59 Å². The highest BCUT2D eigenvalue weighted by atomic mass is 16.2. The number of nitrogens with one attached hydrogen (secondary N) is 1. The first kappa shape index (κ1) is 18.0. The molecule has 0 unspecified atom stereocenters. The van der Waals surface area contributed by atoms with Crippen molar-refractivity contribution >= 4 is 17.9 Å². The molecular formula is C18H26N2O2. The topological polar surface area (TPSA) is 49.4 Å². The Bertz CT molecular complexity index is 518. The molecule has 1 aromatic carbocycles. The summed E-state index contributed by atoms with van der Waals surface area (Å²) in [5, 5.41) is 2.75. The molecule has 2 amide bonds. The zero-order chi connectivity index (χ0) is 16.5. The Balaban J connectivity index is 2.54. The number of benzene rings is 1. The number of rotatable bonds is 7. The van der Waals surface area contributed by atoms with E-state index in [0.29, 0.717) is 12.5 Å². The van der Waals surface area contributed by atoms with Gasteiger partial charge in [0.2, 0.25) is 11.8 Å². The summed E-state index contributed by atoms with van der Waals surface area (Å²) in [6, 6.07) is 8.12. The molecule has 0 aliphatic carbocycles. The van der Waals surface area contributed by atoms with Gasteiger partial charge in [0.25, 0.3) is 0 Å². The van der Waals surface area contributed by atoms with E-state index < -0.39 is 0 Å². The number of likely N-dealkylation sites (N-methyl/N-ethyl adjacent to an activating group) is 1. The Labute approximate surface area is 133 Å². The standard InChI is InChI=1S/C18H26N2O2/c1-5-12-19-17(21)13-20(4)18(22)11-8-15-6-9-16(10-7-15)14(2)3/h6-11,14H,5,12-13H2,1-4H3,(H,19,21). The molecule has 0 heterocycles. The van der Waals surface area contributed by atoms with Crippen molar-refractivity contribution in [1.82, 2.24) is 10.2 Å². The van der Waals surface area contributed by atoms with Crippen LogP contribution in [0.25, 0.3) is 6.08 Å². The van der Waals surface area contributed by atoms with Gasteiger partial charge in [0.15, 0.2) is 0 Å². The normalized spacial score (nSPS) is 11.0. The van der Waals surface area contributed by atoms with Crippen LogP contribution in [-0.4, -0.2) is 36.9 Å². The fourth-order valence-electron chi connectivity index (χ4n) is 1.90. The monoisotopic (exact) mass is 302 g/mol. The molecule has 1 N–H and O–H groups in total. The molecule has 0 fully saturated rings. The third-order valence-electron chi connectivity index (χ3n) is 3.35. The highest BCUT2D eigenvalue weighted by Crippen LogP contribution is 2.15. The summed E-state index contributed by atoms with van der Waals surface area (Å²) in [6.07, 6.45) is 4.15. The Morgan fingerprint density at radius 2 is 1.86 bits per heavy atom. The summed E-state index contributed by atoms with van der Waals surface area (Å²) < 4.78 is 0. The van der Waals surface area contributed by atoms with Crippen LogP contribution in [0, 0.1) is 0 Å². The predicted octanol–water partition coefficient (Wildman–Crippen LogP) is 2.81. The number of carbonyl (C=O) groups is 2. The predicted molar refractivity (Wildman–Crippen MR) is 90.5 cm³/mol. The van der Waals surface area contributed by atoms with Gasteiger partial charge in [0.1, 0.15) is 0 Å². The zero-order valence-corrected chi connectivity index (χ0v) is 13.9. The molecule has 0 aliphatic rings. The van der Waals surface area contributed by atoms with E-state index in [4.69, 9.17) is 0 Å². The quantitative estimate of drug-likeness (QED) is 0.787. The Hall–Kier alpha value is -2.10. The Kier molecular flexibility index (Phi) is 7.37. The molecule has 4 heteroatoms. The summed E-state index contributed by atoms with van der Waals surface area (Å²) in [5.74, 6) is 0.180. The van der Waals surface area contributed by atoms with Crippen LogP contribution in [0.3, 0.4) is 0 Å². The van der Waals surface area contributed by atoms with E-state index in [1.165, 1.54) is 16.5 Å². The van der Waals surface area contributed by atoms with E-state index >= 15 is 0 Å². The summed E-state index contributed by atoms with van der Waals surface area (Å²) in [7, 11) is 1.63. The van der Waals surface area contributed by atoms with Gasteiger partial charge >= 0.3 is 0 Å². The minimum absolute atomic E-state index is 0.0788. The van der Waals surface area contributed by atoms with E-state index in [2.05, 4.69) is 31.3 Å². The van der Waals surface area contributed by atoms with Crippen LogP contribution in [0.2, 0.25) is 0 Å². The molecule has 1 rings (SSSR count). The number of hydrogen-bond donors (Lipinski definition) is 1. The van der Waals surface area contributed by atoms with Gasteiger partial charge in [0, 0.05) is 19.7 Å². The van der Waals surface area contributed by atoms with E-state index in [1.54, 1.807) is 13.1 Å². The maximum absolute atomic E-state index is 12.0. The second kappa shape index (κ2) is 9.03. The zero-order valence-electron chi connectivity index (χ0n) is 13.9. The smallest absolute Gasteiger partial charge is 0.246 e. The number of hydrogen-bond acceptors (Lipinski definition) is 2. The first-order valence-corrected chi connectivity index (χ1v) is 7.73. The lowest BCUT2D eigenvalue weighted by Crippen LogP contribution is -2.37. The van der Waals surface area contributed by atoms with Crippen LogP contribution in [-0.2, 0) is 9.59 Å². The molecule has 0 atom stereocenters. The van der Waals surface area contributed by atoms with Gasteiger partial charge in [-0.1, -0.05) is 45.0 Å². The summed E-state index contributed by atoms with van der Waals surface area (Å²) in [6.45, 7) is 7.00.